The van der Waals surface area contributed by atoms with Crippen LogP contribution in [0.25, 0.3) is 0 Å². The van der Waals surface area contributed by atoms with Crippen molar-refractivity contribution < 1.29 is 24.0 Å². The number of piperazine rings is 1. The Morgan fingerprint density at radius 1 is 1.15 bits per heavy atom. The second-order valence-corrected chi connectivity index (χ2v) is 8.75. The van der Waals surface area contributed by atoms with Gasteiger partial charge in [-0.15, -0.1) is 0 Å². The van der Waals surface area contributed by atoms with Crippen molar-refractivity contribution in [1.29, 1.82) is 0 Å². The SMILES string of the molecule is CCCCN1C(=O)C2(C)c3cc(OC)c(OC)cc3CCN2C(=O)C1c1ccccc1[N+](=O)[O-]. The third kappa shape index (κ3) is 3.46. The molecule has 9 heteroatoms. The van der Waals surface area contributed by atoms with E-state index < -0.39 is 16.5 Å². The van der Waals surface area contributed by atoms with Crippen molar-refractivity contribution in [3.05, 3.63) is 63.2 Å². The van der Waals surface area contributed by atoms with E-state index in [0.717, 1.165) is 12.0 Å². The molecule has 2 atom stereocenters. The first kappa shape index (κ1) is 23.5. The summed E-state index contributed by atoms with van der Waals surface area (Å²) in [6.45, 7) is 4.40. The molecule has 1 fully saturated rings. The minimum absolute atomic E-state index is 0.164. The van der Waals surface area contributed by atoms with Crippen LogP contribution in [0.15, 0.2) is 36.4 Å². The monoisotopic (exact) mass is 467 g/mol. The molecule has 180 valence electrons. The van der Waals surface area contributed by atoms with E-state index in [-0.39, 0.29) is 23.1 Å². The van der Waals surface area contributed by atoms with Crippen LogP contribution in [0.4, 0.5) is 5.69 Å². The average molecular weight is 468 g/mol. The number of amides is 2. The van der Waals surface area contributed by atoms with Gasteiger partial charge in [0.15, 0.2) is 11.5 Å². The molecular weight excluding hydrogens is 438 g/mol. The van der Waals surface area contributed by atoms with Crippen LogP contribution in [-0.2, 0) is 21.5 Å². The first-order valence-electron chi connectivity index (χ1n) is 11.4. The first-order chi connectivity index (χ1) is 16.3. The molecule has 0 bridgehead atoms. The molecule has 2 heterocycles. The number of nitro benzene ring substituents is 1. The fourth-order valence-corrected chi connectivity index (χ4v) is 5.17. The summed E-state index contributed by atoms with van der Waals surface area (Å²) in [6.07, 6.45) is 2.01. The quantitative estimate of drug-likeness (QED) is 0.455. The van der Waals surface area contributed by atoms with E-state index >= 15 is 0 Å². The largest absolute Gasteiger partial charge is 0.493 e. The number of hydrogen-bond donors (Lipinski definition) is 0. The third-order valence-corrected chi connectivity index (χ3v) is 6.95. The summed E-state index contributed by atoms with van der Waals surface area (Å²) < 4.78 is 10.9. The molecule has 34 heavy (non-hydrogen) atoms. The van der Waals surface area contributed by atoms with Gasteiger partial charge in [0.1, 0.15) is 11.6 Å². The summed E-state index contributed by atoms with van der Waals surface area (Å²) in [5.74, 6) is 0.476. The van der Waals surface area contributed by atoms with Gasteiger partial charge in [-0.05, 0) is 49.1 Å². The predicted octanol–water partition coefficient (Wildman–Crippen LogP) is 3.60. The molecule has 0 aromatic heterocycles. The van der Waals surface area contributed by atoms with E-state index in [1.54, 1.807) is 43.2 Å². The van der Waals surface area contributed by atoms with Gasteiger partial charge >= 0.3 is 0 Å². The lowest BCUT2D eigenvalue weighted by Gasteiger charge is -2.53. The Balaban J connectivity index is 1.89. The number of fused-ring (bicyclic) bond motifs is 3. The fraction of sp³-hybridized carbons (Fsp3) is 0.440. The molecule has 2 unspecified atom stereocenters. The predicted molar refractivity (Wildman–Crippen MR) is 125 cm³/mol. The van der Waals surface area contributed by atoms with Gasteiger partial charge in [-0.1, -0.05) is 25.5 Å². The maximum absolute atomic E-state index is 14.2. The Morgan fingerprint density at radius 3 is 2.47 bits per heavy atom. The van der Waals surface area contributed by atoms with Crippen molar-refractivity contribution in [2.24, 2.45) is 0 Å². The number of nitrogens with zero attached hydrogens (tertiary/aromatic N) is 3. The molecule has 2 aliphatic rings. The summed E-state index contributed by atoms with van der Waals surface area (Å²) in [7, 11) is 3.08. The van der Waals surface area contributed by atoms with Gasteiger partial charge in [-0.25, -0.2) is 0 Å². The zero-order valence-electron chi connectivity index (χ0n) is 19.9. The van der Waals surface area contributed by atoms with Crippen LogP contribution >= 0.6 is 0 Å². The number of rotatable bonds is 7. The van der Waals surface area contributed by atoms with E-state index in [9.17, 15) is 19.7 Å². The highest BCUT2D eigenvalue weighted by atomic mass is 16.6. The van der Waals surface area contributed by atoms with Gasteiger partial charge in [-0.2, -0.15) is 0 Å². The number of nitro groups is 1. The van der Waals surface area contributed by atoms with Crippen molar-refractivity contribution in [3.63, 3.8) is 0 Å². The zero-order valence-corrected chi connectivity index (χ0v) is 19.9. The lowest BCUT2D eigenvalue weighted by molar-refractivity contribution is -0.385. The number of carbonyl (C=O) groups is 2. The number of para-hydroxylation sites is 1. The molecule has 2 aliphatic heterocycles. The van der Waals surface area contributed by atoms with Crippen molar-refractivity contribution in [1.82, 2.24) is 9.80 Å². The van der Waals surface area contributed by atoms with Crippen molar-refractivity contribution in [3.8, 4) is 11.5 Å². The lowest BCUT2D eigenvalue weighted by Crippen LogP contribution is -2.67. The van der Waals surface area contributed by atoms with E-state index in [1.807, 2.05) is 13.0 Å². The Hall–Kier alpha value is -3.62. The molecule has 0 saturated carbocycles. The highest BCUT2D eigenvalue weighted by molar-refractivity contribution is 6.01. The number of hydrogen-bond acceptors (Lipinski definition) is 6. The molecule has 2 aromatic carbocycles. The highest BCUT2D eigenvalue weighted by Gasteiger charge is 2.57. The average Bonchev–Trinajstić information content (AvgIpc) is 2.84. The summed E-state index contributed by atoms with van der Waals surface area (Å²) >= 11 is 0. The van der Waals surface area contributed by atoms with E-state index in [4.69, 9.17) is 9.47 Å². The van der Waals surface area contributed by atoms with Gasteiger partial charge < -0.3 is 19.3 Å². The third-order valence-electron chi connectivity index (χ3n) is 6.95. The molecule has 4 rings (SSSR count). The normalized spacial score (nSPS) is 21.7. The van der Waals surface area contributed by atoms with Crippen LogP contribution in [0.1, 0.15) is 49.4 Å². The zero-order chi connectivity index (χ0) is 24.6. The minimum atomic E-state index is -1.25. The van der Waals surface area contributed by atoms with E-state index in [2.05, 4.69) is 0 Å². The fourth-order valence-electron chi connectivity index (χ4n) is 5.17. The van der Waals surface area contributed by atoms with Gasteiger partial charge in [0.2, 0.25) is 0 Å². The Kier molecular flexibility index (Phi) is 6.20. The molecule has 1 saturated heterocycles. The Bertz CT molecular complexity index is 1150. The first-order valence-corrected chi connectivity index (χ1v) is 11.4. The number of ether oxygens (including phenoxy) is 2. The summed E-state index contributed by atoms with van der Waals surface area (Å²) in [5.41, 5.74) is 0.428. The Morgan fingerprint density at radius 2 is 1.82 bits per heavy atom. The number of methoxy groups -OCH3 is 2. The van der Waals surface area contributed by atoms with Crippen molar-refractivity contribution in [2.75, 3.05) is 27.3 Å². The molecular formula is C25H29N3O6. The van der Waals surface area contributed by atoms with Gasteiger partial charge in [-0.3, -0.25) is 19.7 Å². The molecule has 9 nitrogen and oxygen atoms in total. The van der Waals surface area contributed by atoms with Crippen LogP contribution < -0.4 is 9.47 Å². The molecule has 2 aromatic rings. The van der Waals surface area contributed by atoms with Gasteiger partial charge in [0.05, 0.1) is 24.7 Å². The topological polar surface area (TPSA) is 102 Å². The number of unbranched alkanes of at least 4 members (excludes halogenated alkanes) is 1. The molecule has 0 N–H and O–H groups in total. The lowest BCUT2D eigenvalue weighted by atomic mass is 9.77. The molecule has 0 aliphatic carbocycles. The van der Waals surface area contributed by atoms with Crippen LogP contribution in [0.3, 0.4) is 0 Å². The van der Waals surface area contributed by atoms with Gasteiger partial charge in [0, 0.05) is 19.2 Å². The maximum Gasteiger partial charge on any atom is 0.275 e. The standard InChI is InChI=1S/C25H29N3O6/c1-5-6-12-26-22(17-9-7-8-10-19(17)28(31)32)23(29)27-13-11-16-14-20(33-3)21(34-4)15-18(16)25(27,2)24(26)30/h7-10,14-15,22H,5-6,11-13H2,1-4H3. The second kappa shape index (κ2) is 8.96. The smallest absolute Gasteiger partial charge is 0.275 e. The van der Waals surface area contributed by atoms with E-state index in [0.29, 0.717) is 43.0 Å². The summed E-state index contributed by atoms with van der Waals surface area (Å²) in [4.78, 5) is 42.6. The van der Waals surface area contributed by atoms with Crippen LogP contribution in [0, 0.1) is 10.1 Å². The van der Waals surface area contributed by atoms with Crippen LogP contribution in [-0.4, -0.2) is 53.8 Å². The minimum Gasteiger partial charge on any atom is -0.493 e. The van der Waals surface area contributed by atoms with Crippen LogP contribution in [0.5, 0.6) is 11.5 Å². The maximum atomic E-state index is 14.2. The van der Waals surface area contributed by atoms with E-state index in [1.165, 1.54) is 18.1 Å². The number of carbonyl (C=O) groups excluding carboxylic acids is 2. The summed E-state index contributed by atoms with van der Waals surface area (Å²) in [5, 5.41) is 11.8. The summed E-state index contributed by atoms with van der Waals surface area (Å²) in [6, 6.07) is 8.76. The highest BCUT2D eigenvalue weighted by Crippen LogP contribution is 2.48. The van der Waals surface area contributed by atoms with Crippen LogP contribution in [0.2, 0.25) is 0 Å². The molecule has 2 amide bonds. The Labute approximate surface area is 198 Å². The van der Waals surface area contributed by atoms with Crippen molar-refractivity contribution in [2.45, 2.75) is 44.7 Å². The second-order valence-electron chi connectivity index (χ2n) is 8.75. The number of benzene rings is 2. The molecule has 0 spiro atoms. The van der Waals surface area contributed by atoms with Gasteiger partial charge in [0.25, 0.3) is 17.5 Å². The molecule has 0 radical (unpaired) electrons. The van der Waals surface area contributed by atoms with Crippen molar-refractivity contribution >= 4 is 17.5 Å².